The van der Waals surface area contributed by atoms with Gasteiger partial charge in [-0.2, -0.15) is 0 Å². The Morgan fingerprint density at radius 3 is 2.38 bits per heavy atom. The van der Waals surface area contributed by atoms with E-state index in [2.05, 4.69) is 0 Å². The molecular weight excluding hydrogens is 351 g/mol. The van der Waals surface area contributed by atoms with Gasteiger partial charge < -0.3 is 0 Å². The predicted molar refractivity (Wildman–Crippen MR) is 88.1 cm³/mol. The fourth-order valence-electron chi connectivity index (χ4n) is 1.80. The second kappa shape index (κ2) is 6.93. The van der Waals surface area contributed by atoms with E-state index in [1.54, 1.807) is 43.3 Å². The van der Waals surface area contributed by atoms with Gasteiger partial charge in [-0.25, -0.2) is 0 Å². The fourth-order valence-corrected chi connectivity index (χ4v) is 3.78. The molecule has 6 heteroatoms. The minimum absolute atomic E-state index is 0.258. The van der Waals surface area contributed by atoms with Crippen LogP contribution in [0.2, 0.25) is 15.1 Å². The van der Waals surface area contributed by atoms with Crippen molar-refractivity contribution in [2.24, 2.45) is 0 Å². The Morgan fingerprint density at radius 1 is 1.05 bits per heavy atom. The Balaban J connectivity index is 2.31. The van der Waals surface area contributed by atoms with Crippen LogP contribution in [-0.4, -0.2) is 15.2 Å². The Labute approximate surface area is 140 Å². The molecule has 0 aliphatic carbocycles. The lowest BCUT2D eigenvalue weighted by Gasteiger charge is -2.12. The molecule has 0 aliphatic heterocycles. The second-order valence-electron chi connectivity index (χ2n) is 4.39. The monoisotopic (exact) mass is 360 g/mol. The van der Waals surface area contributed by atoms with Crippen LogP contribution in [-0.2, 0) is 10.8 Å². The first-order valence-corrected chi connectivity index (χ1v) is 8.40. The van der Waals surface area contributed by atoms with Gasteiger partial charge in [0.15, 0.2) is 5.78 Å². The smallest absolute Gasteiger partial charge is 0.178 e. The maximum atomic E-state index is 12.5. The minimum Gasteiger partial charge on any atom is -0.293 e. The summed E-state index contributed by atoms with van der Waals surface area (Å²) in [4.78, 5) is 12.7. The summed E-state index contributed by atoms with van der Waals surface area (Å²) in [5, 5.41) is 0.452. The average molecular weight is 362 g/mol. The Bertz CT molecular complexity index is 716. The topological polar surface area (TPSA) is 34.1 Å². The number of ketones is 1. The van der Waals surface area contributed by atoms with Crippen molar-refractivity contribution in [3.63, 3.8) is 0 Å². The summed E-state index contributed by atoms with van der Waals surface area (Å²) in [6, 6.07) is 11.2. The van der Waals surface area contributed by atoms with Crippen LogP contribution in [0, 0.1) is 0 Å². The highest BCUT2D eigenvalue weighted by Gasteiger charge is 2.24. The van der Waals surface area contributed by atoms with Gasteiger partial charge in [0.2, 0.25) is 0 Å². The molecule has 21 heavy (non-hydrogen) atoms. The highest BCUT2D eigenvalue weighted by Crippen LogP contribution is 2.26. The van der Waals surface area contributed by atoms with Crippen LogP contribution in [0.15, 0.2) is 47.4 Å². The van der Waals surface area contributed by atoms with Crippen molar-refractivity contribution >= 4 is 51.4 Å². The third-order valence-corrected chi connectivity index (χ3v) is 5.45. The van der Waals surface area contributed by atoms with Gasteiger partial charge in [0.25, 0.3) is 0 Å². The van der Waals surface area contributed by atoms with Crippen molar-refractivity contribution in [1.82, 2.24) is 0 Å². The van der Waals surface area contributed by atoms with Crippen molar-refractivity contribution < 1.29 is 9.00 Å². The maximum Gasteiger partial charge on any atom is 0.178 e. The van der Waals surface area contributed by atoms with Gasteiger partial charge in [0.05, 0.1) is 26.0 Å². The molecule has 0 radical (unpaired) electrons. The van der Waals surface area contributed by atoms with Crippen molar-refractivity contribution in [1.29, 1.82) is 0 Å². The Kier molecular flexibility index (Phi) is 5.44. The molecule has 2 atom stereocenters. The number of carbonyl (C=O) groups is 1. The zero-order chi connectivity index (χ0) is 15.6. The van der Waals surface area contributed by atoms with Gasteiger partial charge in [-0.3, -0.25) is 9.00 Å². The summed E-state index contributed by atoms with van der Waals surface area (Å²) in [5.74, 6) is -0.258. The molecule has 0 N–H and O–H groups in total. The summed E-state index contributed by atoms with van der Waals surface area (Å²) < 4.78 is 12.5. The minimum atomic E-state index is -1.60. The quantitative estimate of drug-likeness (QED) is 0.716. The van der Waals surface area contributed by atoms with E-state index in [1.807, 2.05) is 0 Å². The van der Waals surface area contributed by atoms with Crippen LogP contribution >= 0.6 is 34.8 Å². The van der Waals surface area contributed by atoms with Crippen LogP contribution in [0.4, 0.5) is 0 Å². The zero-order valence-corrected chi connectivity index (χ0v) is 14.1. The van der Waals surface area contributed by atoms with Gasteiger partial charge in [-0.15, -0.1) is 0 Å². The summed E-state index contributed by atoms with van der Waals surface area (Å²) in [6.07, 6.45) is 0. The summed E-state index contributed by atoms with van der Waals surface area (Å²) in [7, 11) is -1.60. The number of hydrogen-bond donors (Lipinski definition) is 0. The first-order chi connectivity index (χ1) is 9.90. The lowest BCUT2D eigenvalue weighted by Crippen LogP contribution is -2.23. The molecule has 2 aromatic rings. The molecule has 2 unspecified atom stereocenters. The average Bonchev–Trinajstić information content (AvgIpc) is 2.47. The van der Waals surface area contributed by atoms with E-state index in [4.69, 9.17) is 34.8 Å². The first-order valence-electron chi connectivity index (χ1n) is 6.05. The van der Waals surface area contributed by atoms with E-state index in [1.165, 1.54) is 6.07 Å². The predicted octanol–water partition coefficient (Wildman–Crippen LogP) is 5.03. The van der Waals surface area contributed by atoms with Crippen LogP contribution < -0.4 is 0 Å². The van der Waals surface area contributed by atoms with Gasteiger partial charge in [0, 0.05) is 15.6 Å². The number of rotatable bonds is 4. The van der Waals surface area contributed by atoms with E-state index in [0.717, 1.165) is 0 Å². The van der Waals surface area contributed by atoms with Crippen LogP contribution in [0.1, 0.15) is 17.3 Å². The molecule has 0 saturated carbocycles. The Morgan fingerprint density at radius 2 is 1.71 bits per heavy atom. The lowest BCUT2D eigenvalue weighted by molar-refractivity contribution is 0.0992. The SMILES string of the molecule is CC(C(=O)c1cccc(Cl)c1)S(=O)c1cc(Cl)ccc1Cl. The van der Waals surface area contributed by atoms with Crippen LogP contribution in [0.5, 0.6) is 0 Å². The molecule has 0 bridgehead atoms. The van der Waals surface area contributed by atoms with E-state index in [-0.39, 0.29) is 5.78 Å². The zero-order valence-electron chi connectivity index (χ0n) is 11.0. The largest absolute Gasteiger partial charge is 0.293 e. The van der Waals surface area contributed by atoms with E-state index >= 15 is 0 Å². The van der Waals surface area contributed by atoms with Crippen LogP contribution in [0.3, 0.4) is 0 Å². The molecule has 0 aromatic heterocycles. The summed E-state index contributed by atoms with van der Waals surface area (Å²) in [6.45, 7) is 1.59. The molecule has 0 saturated heterocycles. The third-order valence-electron chi connectivity index (χ3n) is 2.91. The second-order valence-corrected chi connectivity index (χ2v) is 7.41. The molecule has 0 aliphatic rings. The molecule has 0 spiro atoms. The third kappa shape index (κ3) is 3.86. The molecule has 0 heterocycles. The number of hydrogen-bond acceptors (Lipinski definition) is 2. The number of halogens is 3. The fraction of sp³-hybridized carbons (Fsp3) is 0.133. The van der Waals surface area contributed by atoms with Gasteiger partial charge >= 0.3 is 0 Å². The van der Waals surface area contributed by atoms with Crippen molar-refractivity contribution in [2.75, 3.05) is 0 Å². The molecule has 2 aromatic carbocycles. The summed E-state index contributed by atoms with van der Waals surface area (Å²) >= 11 is 17.8. The molecule has 0 fully saturated rings. The summed E-state index contributed by atoms with van der Waals surface area (Å²) in [5.41, 5.74) is 0.418. The van der Waals surface area contributed by atoms with Gasteiger partial charge in [-0.1, -0.05) is 46.9 Å². The first kappa shape index (κ1) is 16.5. The van der Waals surface area contributed by atoms with E-state index in [0.29, 0.717) is 25.5 Å². The van der Waals surface area contributed by atoms with E-state index < -0.39 is 16.0 Å². The molecule has 2 rings (SSSR count). The van der Waals surface area contributed by atoms with Crippen molar-refractivity contribution in [3.8, 4) is 0 Å². The highest BCUT2D eigenvalue weighted by molar-refractivity contribution is 7.86. The molecule has 110 valence electrons. The molecule has 2 nitrogen and oxygen atoms in total. The number of Topliss-reactive ketones (excluding diaryl/α,β-unsaturated/α-hetero) is 1. The molecular formula is C15H11Cl3O2S. The maximum absolute atomic E-state index is 12.5. The van der Waals surface area contributed by atoms with Crippen LogP contribution in [0.25, 0.3) is 0 Å². The normalized spacial score (nSPS) is 13.7. The van der Waals surface area contributed by atoms with Crippen molar-refractivity contribution in [2.45, 2.75) is 17.1 Å². The van der Waals surface area contributed by atoms with Gasteiger partial charge in [-0.05, 0) is 37.3 Å². The standard InChI is InChI=1S/C15H11Cl3O2S/c1-9(15(19)10-3-2-4-11(16)7-10)21(20)14-8-12(17)5-6-13(14)18/h2-9H,1H3. The highest BCUT2D eigenvalue weighted by atomic mass is 35.5. The number of carbonyl (C=O) groups excluding carboxylic acids is 1. The van der Waals surface area contributed by atoms with Crippen molar-refractivity contribution in [3.05, 3.63) is 63.1 Å². The Hall–Kier alpha value is -0.870. The van der Waals surface area contributed by atoms with Gasteiger partial charge in [0.1, 0.15) is 0 Å². The van der Waals surface area contributed by atoms with E-state index in [9.17, 15) is 9.00 Å². The molecule has 0 amide bonds. The number of benzene rings is 2. The lowest BCUT2D eigenvalue weighted by atomic mass is 10.1.